The van der Waals surface area contributed by atoms with E-state index >= 15 is 0 Å². The van der Waals surface area contributed by atoms with Crippen molar-refractivity contribution >= 4 is 17.8 Å². The Kier molecular flexibility index (Phi) is 8.40. The van der Waals surface area contributed by atoms with Gasteiger partial charge in [0.2, 0.25) is 0 Å². The van der Waals surface area contributed by atoms with Crippen LogP contribution in [0.3, 0.4) is 0 Å². The van der Waals surface area contributed by atoms with Gasteiger partial charge in [-0.25, -0.2) is 9.38 Å². The SMILES string of the molecule is CCCCCCCCCCCc1ccc(C=c2[nH]c(=C3C=c4cc(F)ccc4=N3)cc2OC)[nH]1. The number of aromatic amines is 2. The van der Waals surface area contributed by atoms with Crippen LogP contribution in [0, 0.1) is 5.82 Å². The Morgan fingerprint density at radius 1 is 0.912 bits per heavy atom. The maximum absolute atomic E-state index is 13.5. The number of halogens is 1. The molecule has 0 bridgehead atoms. The molecule has 5 heteroatoms. The number of ether oxygens (including phenoxy) is 1. The van der Waals surface area contributed by atoms with E-state index in [1.54, 1.807) is 13.2 Å². The molecule has 1 aromatic carbocycles. The van der Waals surface area contributed by atoms with E-state index in [2.05, 4.69) is 40.1 Å². The van der Waals surface area contributed by atoms with Gasteiger partial charge in [0, 0.05) is 22.7 Å². The molecule has 0 spiro atoms. The van der Waals surface area contributed by atoms with E-state index in [0.29, 0.717) is 0 Å². The largest absolute Gasteiger partial charge is 0.494 e. The quantitative estimate of drug-likeness (QED) is 0.380. The second-order valence-electron chi connectivity index (χ2n) is 9.17. The molecule has 2 aromatic heterocycles. The molecule has 4 rings (SSSR count). The number of methoxy groups -OCH3 is 1. The van der Waals surface area contributed by atoms with Crippen molar-refractivity contribution in [3.63, 3.8) is 0 Å². The molecule has 0 saturated carbocycles. The van der Waals surface area contributed by atoms with Crippen LogP contribution in [0.5, 0.6) is 5.75 Å². The first-order valence-corrected chi connectivity index (χ1v) is 12.7. The van der Waals surface area contributed by atoms with Gasteiger partial charge in [-0.1, -0.05) is 58.3 Å². The van der Waals surface area contributed by atoms with Crippen molar-refractivity contribution in [2.45, 2.75) is 71.1 Å². The number of benzene rings is 1. The minimum Gasteiger partial charge on any atom is -0.494 e. The Morgan fingerprint density at radius 2 is 1.68 bits per heavy atom. The average Bonchev–Trinajstić information content (AvgIpc) is 3.56. The standard InChI is InChI=1S/C29H36FN3O/c1-3-4-5-6-7-8-9-10-11-12-23-14-15-24(31-23)19-28-29(34-2)20-27(33-28)26-18-21-17-22(30)13-16-25(21)32-26/h13-20,31,33H,3-12H2,1-2H3. The zero-order chi connectivity index (χ0) is 23.8. The van der Waals surface area contributed by atoms with Crippen molar-refractivity contribution in [1.82, 2.24) is 9.97 Å². The lowest BCUT2D eigenvalue weighted by molar-refractivity contribution is 0.412. The number of hydrogen-bond acceptors (Lipinski definition) is 2. The summed E-state index contributed by atoms with van der Waals surface area (Å²) in [5.41, 5.74) is 3.09. The van der Waals surface area contributed by atoms with Crippen LogP contribution in [0.1, 0.15) is 76.1 Å². The summed E-state index contributed by atoms with van der Waals surface area (Å²) < 4.78 is 19.1. The highest BCUT2D eigenvalue weighted by atomic mass is 19.1. The first-order valence-electron chi connectivity index (χ1n) is 12.7. The van der Waals surface area contributed by atoms with Crippen LogP contribution < -0.4 is 26.0 Å². The monoisotopic (exact) mass is 461 g/mol. The van der Waals surface area contributed by atoms with Crippen LogP contribution in [-0.4, -0.2) is 17.1 Å². The van der Waals surface area contributed by atoms with Gasteiger partial charge in [-0.15, -0.1) is 0 Å². The zero-order valence-electron chi connectivity index (χ0n) is 20.4. The predicted molar refractivity (Wildman–Crippen MR) is 137 cm³/mol. The van der Waals surface area contributed by atoms with Crippen molar-refractivity contribution in [3.8, 4) is 5.75 Å². The molecule has 0 unspecified atom stereocenters. The van der Waals surface area contributed by atoms with Gasteiger partial charge in [0.25, 0.3) is 0 Å². The molecule has 0 fully saturated rings. The van der Waals surface area contributed by atoms with Crippen molar-refractivity contribution in [1.29, 1.82) is 0 Å². The average molecular weight is 462 g/mol. The lowest BCUT2D eigenvalue weighted by Crippen LogP contribution is -2.20. The van der Waals surface area contributed by atoms with Gasteiger partial charge in [-0.05, 0) is 55.3 Å². The number of rotatable bonds is 12. The van der Waals surface area contributed by atoms with E-state index in [1.807, 2.05) is 12.1 Å². The van der Waals surface area contributed by atoms with E-state index in [-0.39, 0.29) is 5.82 Å². The minimum atomic E-state index is -0.255. The fourth-order valence-electron chi connectivity index (χ4n) is 4.53. The molecule has 0 aliphatic carbocycles. The first-order chi connectivity index (χ1) is 16.7. The predicted octanol–water partition coefficient (Wildman–Crippen LogP) is 4.61. The third-order valence-electron chi connectivity index (χ3n) is 6.45. The molecular formula is C29H36FN3O. The summed E-state index contributed by atoms with van der Waals surface area (Å²) in [7, 11) is 1.67. The van der Waals surface area contributed by atoms with Crippen LogP contribution in [0.15, 0.2) is 41.4 Å². The number of nitrogens with one attached hydrogen (secondary N) is 2. The van der Waals surface area contributed by atoms with Crippen LogP contribution in [0.25, 0.3) is 17.8 Å². The van der Waals surface area contributed by atoms with Crippen LogP contribution >= 0.6 is 0 Å². The van der Waals surface area contributed by atoms with Gasteiger partial charge in [0.1, 0.15) is 11.6 Å². The van der Waals surface area contributed by atoms with Crippen molar-refractivity contribution in [2.24, 2.45) is 4.99 Å². The Morgan fingerprint density at radius 3 is 2.44 bits per heavy atom. The smallest absolute Gasteiger partial charge is 0.144 e. The second-order valence-corrected chi connectivity index (χ2v) is 9.17. The second kappa shape index (κ2) is 11.9. The van der Waals surface area contributed by atoms with Crippen LogP contribution in [0.4, 0.5) is 4.39 Å². The zero-order valence-corrected chi connectivity index (χ0v) is 20.4. The number of fused-ring (bicyclic) bond motifs is 1. The summed E-state index contributed by atoms with van der Waals surface area (Å²) in [5.74, 6) is 0.498. The van der Waals surface area contributed by atoms with Crippen molar-refractivity contribution in [2.75, 3.05) is 7.11 Å². The van der Waals surface area contributed by atoms with E-state index in [9.17, 15) is 4.39 Å². The molecule has 0 radical (unpaired) electrons. The van der Waals surface area contributed by atoms with Gasteiger partial charge < -0.3 is 14.7 Å². The molecule has 1 aliphatic rings. The number of aromatic nitrogens is 2. The third-order valence-corrected chi connectivity index (χ3v) is 6.45. The Bertz CT molecular complexity index is 1330. The molecule has 34 heavy (non-hydrogen) atoms. The summed E-state index contributed by atoms with van der Waals surface area (Å²) >= 11 is 0. The molecule has 180 valence electrons. The number of unbranched alkanes of at least 4 members (excludes halogenated alkanes) is 8. The van der Waals surface area contributed by atoms with Gasteiger partial charge in [-0.3, -0.25) is 0 Å². The topological polar surface area (TPSA) is 53.2 Å². The van der Waals surface area contributed by atoms with Crippen molar-refractivity contribution < 1.29 is 9.13 Å². The summed E-state index contributed by atoms with van der Waals surface area (Å²) in [6, 6.07) is 10.9. The molecule has 2 N–H and O–H groups in total. The number of nitrogens with zero attached hydrogens (tertiary/aromatic N) is 1. The Hall–Kier alpha value is -3.08. The lowest BCUT2D eigenvalue weighted by atomic mass is 10.1. The highest BCUT2D eigenvalue weighted by Crippen LogP contribution is 2.12. The fraction of sp³-hybridized carbons (Fsp3) is 0.414. The van der Waals surface area contributed by atoms with Gasteiger partial charge in [-0.2, -0.15) is 0 Å². The molecule has 3 aromatic rings. The Balaban J connectivity index is 1.38. The Labute approximate surface area is 201 Å². The number of hydrogen-bond donors (Lipinski definition) is 2. The van der Waals surface area contributed by atoms with Crippen molar-refractivity contribution in [3.05, 3.63) is 74.9 Å². The molecule has 4 nitrogen and oxygen atoms in total. The van der Waals surface area contributed by atoms with E-state index in [1.165, 1.54) is 75.6 Å². The minimum absolute atomic E-state index is 0.255. The first kappa shape index (κ1) is 24.1. The van der Waals surface area contributed by atoms with Crippen LogP contribution in [-0.2, 0) is 6.42 Å². The number of aryl methyl sites for hydroxylation is 1. The van der Waals surface area contributed by atoms with Gasteiger partial charge in [0.05, 0.1) is 28.9 Å². The van der Waals surface area contributed by atoms with Gasteiger partial charge >= 0.3 is 0 Å². The van der Waals surface area contributed by atoms with Crippen LogP contribution in [0.2, 0.25) is 0 Å². The maximum atomic E-state index is 13.5. The maximum Gasteiger partial charge on any atom is 0.144 e. The highest BCUT2D eigenvalue weighted by molar-refractivity contribution is 5.76. The normalized spacial score (nSPS) is 14.7. The lowest BCUT2D eigenvalue weighted by Gasteiger charge is -2.01. The summed E-state index contributed by atoms with van der Waals surface area (Å²) in [6.45, 7) is 2.27. The third kappa shape index (κ3) is 6.28. The summed E-state index contributed by atoms with van der Waals surface area (Å²) in [5, 5.41) is 3.30. The molecular weight excluding hydrogens is 425 g/mol. The van der Waals surface area contributed by atoms with Gasteiger partial charge in [0.15, 0.2) is 0 Å². The van der Waals surface area contributed by atoms with E-state index in [0.717, 1.165) is 44.8 Å². The van der Waals surface area contributed by atoms with E-state index in [4.69, 9.17) is 4.74 Å². The highest BCUT2D eigenvalue weighted by Gasteiger charge is 2.07. The molecule has 0 atom stereocenters. The molecule has 1 aliphatic heterocycles. The van der Waals surface area contributed by atoms with E-state index < -0.39 is 0 Å². The number of H-pyrrole nitrogens is 2. The molecule has 0 saturated heterocycles. The summed E-state index contributed by atoms with van der Waals surface area (Å²) in [4.78, 5) is 11.6. The molecule has 0 amide bonds. The molecule has 3 heterocycles. The summed E-state index contributed by atoms with van der Waals surface area (Å²) in [6.07, 6.45) is 17.1. The fourth-order valence-corrected chi connectivity index (χ4v) is 4.53.